The summed E-state index contributed by atoms with van der Waals surface area (Å²) in [6.07, 6.45) is 0.883. The number of fused-ring (bicyclic) bond motifs is 1. The van der Waals surface area contributed by atoms with Gasteiger partial charge in [-0.15, -0.1) is 0 Å². The lowest BCUT2D eigenvalue weighted by Gasteiger charge is -2.13. The second-order valence-corrected chi connectivity index (χ2v) is 4.20. The number of nitrogens with one attached hydrogen (secondary N) is 1. The van der Waals surface area contributed by atoms with Crippen LogP contribution < -0.4 is 5.32 Å². The maximum atomic E-state index is 13.8. The molecule has 1 heterocycles. The van der Waals surface area contributed by atoms with Gasteiger partial charge in [0.2, 0.25) is 0 Å². The molecule has 14 heavy (non-hydrogen) atoms. The molecular weight excluding hydrogens is 201 g/mol. The van der Waals surface area contributed by atoms with Crippen LogP contribution in [0.2, 0.25) is 5.02 Å². The number of halogens is 2. The Morgan fingerprint density at radius 3 is 3.07 bits per heavy atom. The molecule has 3 heteroatoms. The lowest BCUT2D eigenvalue weighted by molar-refractivity contribution is 0.577. The van der Waals surface area contributed by atoms with Gasteiger partial charge in [-0.05, 0) is 36.1 Å². The van der Waals surface area contributed by atoms with Crippen LogP contribution in [-0.4, -0.2) is 13.1 Å². The van der Waals surface area contributed by atoms with Crippen molar-refractivity contribution >= 4 is 11.6 Å². The molecule has 1 atom stereocenters. The van der Waals surface area contributed by atoms with E-state index in [2.05, 4.69) is 5.32 Å². The number of rotatable bonds is 0. The lowest BCUT2D eigenvalue weighted by atomic mass is 9.95. The molecular formula is C11H13ClFN. The minimum atomic E-state index is -0.236. The van der Waals surface area contributed by atoms with E-state index < -0.39 is 0 Å². The summed E-state index contributed by atoms with van der Waals surface area (Å²) < 4.78 is 13.8. The van der Waals surface area contributed by atoms with Crippen molar-refractivity contribution in [1.29, 1.82) is 0 Å². The Morgan fingerprint density at radius 2 is 2.29 bits per heavy atom. The number of hydrogen-bond acceptors (Lipinski definition) is 1. The molecule has 1 aliphatic heterocycles. The molecule has 1 aromatic rings. The standard InChI is InChI=1S/C11H13ClFN/c1-7-6-14-5-4-8-2-3-9(12)11(13)10(7)8/h2-3,7,14H,4-6H2,1H3/t7-/m1/s1. The van der Waals surface area contributed by atoms with Gasteiger partial charge in [0.25, 0.3) is 0 Å². The highest BCUT2D eigenvalue weighted by Crippen LogP contribution is 2.29. The molecule has 0 spiro atoms. The van der Waals surface area contributed by atoms with Crippen LogP contribution in [0.25, 0.3) is 0 Å². The molecule has 1 nitrogen and oxygen atoms in total. The molecule has 0 fully saturated rings. The fraction of sp³-hybridized carbons (Fsp3) is 0.455. The smallest absolute Gasteiger partial charge is 0.145 e. The average Bonchev–Trinajstić information content (AvgIpc) is 2.35. The Kier molecular flexibility index (Phi) is 2.75. The summed E-state index contributed by atoms with van der Waals surface area (Å²) >= 11 is 5.77. The highest BCUT2D eigenvalue weighted by atomic mass is 35.5. The van der Waals surface area contributed by atoms with Crippen LogP contribution in [0.1, 0.15) is 24.0 Å². The van der Waals surface area contributed by atoms with E-state index in [9.17, 15) is 4.39 Å². The monoisotopic (exact) mass is 213 g/mol. The van der Waals surface area contributed by atoms with Crippen LogP contribution in [0.4, 0.5) is 4.39 Å². The van der Waals surface area contributed by atoms with Crippen LogP contribution in [0.15, 0.2) is 12.1 Å². The van der Waals surface area contributed by atoms with Crippen molar-refractivity contribution in [2.75, 3.05) is 13.1 Å². The molecule has 0 saturated carbocycles. The highest BCUT2D eigenvalue weighted by Gasteiger charge is 2.20. The Hall–Kier alpha value is -0.600. The van der Waals surface area contributed by atoms with Gasteiger partial charge >= 0.3 is 0 Å². The van der Waals surface area contributed by atoms with Gasteiger partial charge in [0.1, 0.15) is 5.82 Å². The first-order valence-corrected chi connectivity index (χ1v) is 5.25. The summed E-state index contributed by atoms with van der Waals surface area (Å²) in [5.74, 6) is -0.0356. The SMILES string of the molecule is C[C@@H]1CNCCc2ccc(Cl)c(F)c21. The first kappa shape index (κ1) is 9.94. The van der Waals surface area contributed by atoms with Crippen molar-refractivity contribution in [3.8, 4) is 0 Å². The molecule has 0 saturated heterocycles. The Balaban J connectivity index is 2.54. The molecule has 76 valence electrons. The third-order valence-electron chi connectivity index (χ3n) is 2.74. The van der Waals surface area contributed by atoms with Crippen molar-refractivity contribution in [3.05, 3.63) is 34.1 Å². The van der Waals surface area contributed by atoms with Gasteiger partial charge in [0.05, 0.1) is 5.02 Å². The molecule has 0 bridgehead atoms. The molecule has 1 aromatic carbocycles. The molecule has 1 N–H and O–H groups in total. The minimum Gasteiger partial charge on any atom is -0.316 e. The highest BCUT2D eigenvalue weighted by molar-refractivity contribution is 6.30. The predicted octanol–water partition coefficient (Wildman–Crippen LogP) is 2.73. The van der Waals surface area contributed by atoms with E-state index in [1.165, 1.54) is 0 Å². The Morgan fingerprint density at radius 1 is 1.50 bits per heavy atom. The van der Waals surface area contributed by atoms with E-state index in [-0.39, 0.29) is 16.8 Å². The first-order valence-electron chi connectivity index (χ1n) is 4.87. The lowest BCUT2D eigenvalue weighted by Crippen LogP contribution is -2.18. The summed E-state index contributed by atoms with van der Waals surface area (Å²) in [7, 11) is 0. The Labute approximate surface area is 88.3 Å². The van der Waals surface area contributed by atoms with Crippen LogP contribution in [-0.2, 0) is 6.42 Å². The van der Waals surface area contributed by atoms with E-state index in [4.69, 9.17) is 11.6 Å². The molecule has 0 unspecified atom stereocenters. The molecule has 0 radical (unpaired) electrons. The Bertz CT molecular complexity index is 351. The fourth-order valence-corrected chi connectivity index (χ4v) is 2.17. The van der Waals surface area contributed by atoms with Gasteiger partial charge in [-0.1, -0.05) is 24.6 Å². The van der Waals surface area contributed by atoms with Gasteiger partial charge in [-0.2, -0.15) is 0 Å². The van der Waals surface area contributed by atoms with Crippen molar-refractivity contribution < 1.29 is 4.39 Å². The maximum Gasteiger partial charge on any atom is 0.145 e. The van der Waals surface area contributed by atoms with Crippen LogP contribution in [0, 0.1) is 5.82 Å². The first-order chi connectivity index (χ1) is 6.70. The van der Waals surface area contributed by atoms with Crippen LogP contribution in [0.5, 0.6) is 0 Å². The molecule has 2 rings (SSSR count). The number of benzene rings is 1. The molecule has 0 aromatic heterocycles. The summed E-state index contributed by atoms with van der Waals surface area (Å²) in [5, 5.41) is 3.51. The van der Waals surface area contributed by atoms with Crippen molar-refractivity contribution in [2.24, 2.45) is 0 Å². The molecule has 1 aliphatic rings. The van der Waals surface area contributed by atoms with Gasteiger partial charge in [-0.3, -0.25) is 0 Å². The third-order valence-corrected chi connectivity index (χ3v) is 3.03. The normalized spacial score (nSPS) is 21.5. The van der Waals surface area contributed by atoms with Crippen LogP contribution >= 0.6 is 11.6 Å². The van der Waals surface area contributed by atoms with Crippen molar-refractivity contribution in [3.63, 3.8) is 0 Å². The maximum absolute atomic E-state index is 13.8. The fourth-order valence-electron chi connectivity index (χ4n) is 2.00. The minimum absolute atomic E-state index is 0.200. The van der Waals surface area contributed by atoms with Crippen molar-refractivity contribution in [1.82, 2.24) is 5.32 Å². The topological polar surface area (TPSA) is 12.0 Å². The molecule has 0 aliphatic carbocycles. The zero-order chi connectivity index (χ0) is 10.1. The quantitative estimate of drug-likeness (QED) is 0.699. The zero-order valence-corrected chi connectivity index (χ0v) is 8.87. The second kappa shape index (κ2) is 3.87. The molecule has 0 amide bonds. The van der Waals surface area contributed by atoms with Crippen LogP contribution in [0.3, 0.4) is 0 Å². The van der Waals surface area contributed by atoms with E-state index in [0.717, 1.165) is 30.6 Å². The summed E-state index contributed by atoms with van der Waals surface area (Å²) in [5.41, 5.74) is 1.88. The zero-order valence-electron chi connectivity index (χ0n) is 8.11. The van der Waals surface area contributed by atoms with Crippen molar-refractivity contribution in [2.45, 2.75) is 19.3 Å². The van der Waals surface area contributed by atoms with E-state index in [1.807, 2.05) is 13.0 Å². The van der Waals surface area contributed by atoms with Gasteiger partial charge in [0, 0.05) is 6.54 Å². The largest absolute Gasteiger partial charge is 0.316 e. The van der Waals surface area contributed by atoms with Gasteiger partial charge < -0.3 is 5.32 Å². The van der Waals surface area contributed by atoms with Gasteiger partial charge in [-0.25, -0.2) is 4.39 Å². The van der Waals surface area contributed by atoms with E-state index in [0.29, 0.717) is 0 Å². The summed E-state index contributed by atoms with van der Waals surface area (Å²) in [6.45, 7) is 3.76. The average molecular weight is 214 g/mol. The second-order valence-electron chi connectivity index (χ2n) is 3.79. The van der Waals surface area contributed by atoms with Gasteiger partial charge in [0.15, 0.2) is 0 Å². The van der Waals surface area contributed by atoms with E-state index >= 15 is 0 Å². The predicted molar refractivity (Wildman–Crippen MR) is 56.4 cm³/mol. The third kappa shape index (κ3) is 1.64. The van der Waals surface area contributed by atoms with E-state index in [1.54, 1.807) is 6.07 Å². The summed E-state index contributed by atoms with van der Waals surface area (Å²) in [6, 6.07) is 3.58. The summed E-state index contributed by atoms with van der Waals surface area (Å²) in [4.78, 5) is 0. The number of hydrogen-bond donors (Lipinski definition) is 1.